The topological polar surface area (TPSA) is 72.2 Å². The molecule has 0 aliphatic heterocycles. The highest BCUT2D eigenvalue weighted by Crippen LogP contribution is 2.20. The van der Waals surface area contributed by atoms with Crippen molar-refractivity contribution in [1.82, 2.24) is 4.72 Å². The summed E-state index contributed by atoms with van der Waals surface area (Å²) in [5, 5.41) is 0. The Bertz CT molecular complexity index is 488. The SMILES string of the molecule is CCC(C)CNS(=O)(=O)c1cccc(F)c1N. The smallest absolute Gasteiger partial charge is 0.242 e. The third kappa shape index (κ3) is 3.41. The molecule has 0 radical (unpaired) electrons. The van der Waals surface area contributed by atoms with Gasteiger partial charge in [0.1, 0.15) is 10.7 Å². The summed E-state index contributed by atoms with van der Waals surface area (Å²) in [7, 11) is -3.73. The van der Waals surface area contributed by atoms with Crippen molar-refractivity contribution in [3.63, 3.8) is 0 Å². The first-order valence-corrected chi connectivity index (χ1v) is 6.90. The lowest BCUT2D eigenvalue weighted by molar-refractivity contribution is 0.528. The van der Waals surface area contributed by atoms with Gasteiger partial charge in [-0.3, -0.25) is 0 Å². The van der Waals surface area contributed by atoms with E-state index in [2.05, 4.69) is 4.72 Å². The van der Waals surface area contributed by atoms with Crippen LogP contribution in [0.25, 0.3) is 0 Å². The molecule has 0 aliphatic rings. The van der Waals surface area contributed by atoms with Gasteiger partial charge in [0.2, 0.25) is 10.0 Å². The lowest BCUT2D eigenvalue weighted by Gasteiger charge is -2.12. The van der Waals surface area contributed by atoms with E-state index in [4.69, 9.17) is 5.73 Å². The second-order valence-electron chi connectivity index (χ2n) is 4.02. The summed E-state index contributed by atoms with van der Waals surface area (Å²) in [6.45, 7) is 4.21. The van der Waals surface area contributed by atoms with Gasteiger partial charge in [-0.15, -0.1) is 0 Å². The summed E-state index contributed by atoms with van der Waals surface area (Å²) in [6.07, 6.45) is 0.862. The lowest BCUT2D eigenvalue weighted by Crippen LogP contribution is -2.29. The molecule has 1 atom stereocenters. The van der Waals surface area contributed by atoms with Crippen LogP contribution in [0.1, 0.15) is 20.3 Å². The molecule has 1 unspecified atom stereocenters. The van der Waals surface area contributed by atoms with E-state index in [-0.39, 0.29) is 16.5 Å². The van der Waals surface area contributed by atoms with E-state index < -0.39 is 15.8 Å². The van der Waals surface area contributed by atoms with Gasteiger partial charge in [0.15, 0.2) is 0 Å². The molecule has 96 valence electrons. The molecule has 0 aromatic heterocycles. The Hall–Kier alpha value is -1.14. The van der Waals surface area contributed by atoms with E-state index in [1.165, 1.54) is 12.1 Å². The largest absolute Gasteiger partial charge is 0.395 e. The third-order valence-corrected chi connectivity index (χ3v) is 4.10. The van der Waals surface area contributed by atoms with E-state index in [1.807, 2.05) is 13.8 Å². The Morgan fingerprint density at radius 1 is 1.47 bits per heavy atom. The fourth-order valence-electron chi connectivity index (χ4n) is 1.23. The second kappa shape index (κ2) is 5.46. The van der Waals surface area contributed by atoms with Crippen molar-refractivity contribution in [3.05, 3.63) is 24.0 Å². The van der Waals surface area contributed by atoms with Gasteiger partial charge < -0.3 is 5.73 Å². The Labute approximate surface area is 101 Å². The number of halogens is 1. The van der Waals surface area contributed by atoms with Gasteiger partial charge in [-0.2, -0.15) is 0 Å². The quantitative estimate of drug-likeness (QED) is 0.792. The molecular weight excluding hydrogens is 243 g/mol. The molecule has 1 aromatic carbocycles. The molecule has 1 aromatic rings. The van der Waals surface area contributed by atoms with Crippen LogP contribution in [-0.4, -0.2) is 15.0 Å². The van der Waals surface area contributed by atoms with Crippen LogP contribution in [0.2, 0.25) is 0 Å². The number of nitrogens with two attached hydrogens (primary N) is 1. The maximum atomic E-state index is 13.2. The van der Waals surface area contributed by atoms with Crippen LogP contribution < -0.4 is 10.5 Å². The Morgan fingerprint density at radius 3 is 2.71 bits per heavy atom. The van der Waals surface area contributed by atoms with Crippen molar-refractivity contribution in [2.45, 2.75) is 25.2 Å². The maximum Gasteiger partial charge on any atom is 0.242 e. The number of rotatable bonds is 5. The summed E-state index contributed by atoms with van der Waals surface area (Å²) >= 11 is 0. The maximum absolute atomic E-state index is 13.2. The highest BCUT2D eigenvalue weighted by molar-refractivity contribution is 7.89. The standard InChI is InChI=1S/C11H17FN2O2S/c1-3-8(2)7-14-17(15,16)10-6-4-5-9(12)11(10)13/h4-6,8,14H,3,7,13H2,1-2H3. The number of benzene rings is 1. The zero-order valence-corrected chi connectivity index (χ0v) is 10.7. The van der Waals surface area contributed by atoms with Crippen LogP contribution in [-0.2, 0) is 10.0 Å². The van der Waals surface area contributed by atoms with Gasteiger partial charge >= 0.3 is 0 Å². The van der Waals surface area contributed by atoms with Crippen LogP contribution in [0.4, 0.5) is 10.1 Å². The monoisotopic (exact) mass is 260 g/mol. The molecule has 4 nitrogen and oxygen atoms in total. The van der Waals surface area contributed by atoms with Gasteiger partial charge in [-0.1, -0.05) is 26.3 Å². The fraction of sp³-hybridized carbons (Fsp3) is 0.455. The summed E-state index contributed by atoms with van der Waals surface area (Å²) < 4.78 is 39.3. The van der Waals surface area contributed by atoms with Crippen molar-refractivity contribution in [2.24, 2.45) is 5.92 Å². The van der Waals surface area contributed by atoms with Gasteiger partial charge in [0.25, 0.3) is 0 Å². The van der Waals surface area contributed by atoms with E-state index in [0.717, 1.165) is 12.5 Å². The molecule has 0 fully saturated rings. The molecule has 0 heterocycles. The number of sulfonamides is 1. The van der Waals surface area contributed by atoms with Crippen molar-refractivity contribution < 1.29 is 12.8 Å². The first-order valence-electron chi connectivity index (χ1n) is 5.42. The molecule has 0 bridgehead atoms. The van der Waals surface area contributed by atoms with Crippen molar-refractivity contribution in [1.29, 1.82) is 0 Å². The number of nitrogen functional groups attached to an aromatic ring is 1. The Kier molecular flexibility index (Phi) is 4.47. The van der Waals surface area contributed by atoms with Gasteiger partial charge in [0, 0.05) is 6.54 Å². The first-order chi connectivity index (χ1) is 7.88. The van der Waals surface area contributed by atoms with Crippen LogP contribution in [0.3, 0.4) is 0 Å². The zero-order chi connectivity index (χ0) is 13.1. The summed E-state index contributed by atoms with van der Waals surface area (Å²) in [5.74, 6) is -0.504. The van der Waals surface area contributed by atoms with Crippen LogP contribution in [0, 0.1) is 11.7 Å². The van der Waals surface area contributed by atoms with Gasteiger partial charge in [-0.25, -0.2) is 17.5 Å². The first kappa shape index (κ1) is 13.9. The van der Waals surface area contributed by atoms with Crippen LogP contribution in [0.15, 0.2) is 23.1 Å². The summed E-state index contributed by atoms with van der Waals surface area (Å²) in [4.78, 5) is -0.208. The van der Waals surface area contributed by atoms with E-state index in [1.54, 1.807) is 0 Å². The Morgan fingerprint density at radius 2 is 2.12 bits per heavy atom. The predicted molar refractivity (Wildman–Crippen MR) is 65.5 cm³/mol. The van der Waals surface area contributed by atoms with Crippen molar-refractivity contribution >= 4 is 15.7 Å². The highest BCUT2D eigenvalue weighted by atomic mass is 32.2. The zero-order valence-electron chi connectivity index (χ0n) is 9.90. The molecular formula is C11H17FN2O2S. The molecule has 0 aliphatic carbocycles. The highest BCUT2D eigenvalue weighted by Gasteiger charge is 2.19. The normalized spacial score (nSPS) is 13.6. The van der Waals surface area contributed by atoms with Gasteiger partial charge in [-0.05, 0) is 18.1 Å². The number of para-hydroxylation sites is 1. The third-order valence-electron chi connectivity index (χ3n) is 2.62. The van der Waals surface area contributed by atoms with Gasteiger partial charge in [0.05, 0.1) is 5.69 Å². The molecule has 1 rings (SSSR count). The molecule has 3 N–H and O–H groups in total. The number of hydrogen-bond donors (Lipinski definition) is 2. The second-order valence-corrected chi connectivity index (χ2v) is 5.75. The molecule has 0 amide bonds. The molecule has 0 saturated heterocycles. The molecule has 17 heavy (non-hydrogen) atoms. The molecule has 0 saturated carbocycles. The minimum absolute atomic E-state index is 0.208. The molecule has 0 spiro atoms. The van der Waals surface area contributed by atoms with E-state index in [0.29, 0.717) is 6.54 Å². The Balaban J connectivity index is 2.94. The minimum Gasteiger partial charge on any atom is -0.395 e. The fourth-order valence-corrected chi connectivity index (χ4v) is 2.53. The van der Waals surface area contributed by atoms with E-state index in [9.17, 15) is 12.8 Å². The summed E-state index contributed by atoms with van der Waals surface area (Å²) in [5.41, 5.74) is 5.07. The molecule has 6 heteroatoms. The number of nitrogens with one attached hydrogen (secondary N) is 1. The van der Waals surface area contributed by atoms with Crippen molar-refractivity contribution in [3.8, 4) is 0 Å². The summed E-state index contributed by atoms with van der Waals surface area (Å²) in [6, 6.07) is 3.74. The van der Waals surface area contributed by atoms with Crippen LogP contribution >= 0.6 is 0 Å². The van der Waals surface area contributed by atoms with Crippen molar-refractivity contribution in [2.75, 3.05) is 12.3 Å². The number of hydrogen-bond acceptors (Lipinski definition) is 3. The van der Waals surface area contributed by atoms with E-state index >= 15 is 0 Å². The average molecular weight is 260 g/mol. The number of anilines is 1. The minimum atomic E-state index is -3.73. The predicted octanol–water partition coefficient (Wildman–Crippen LogP) is 1.73. The van der Waals surface area contributed by atoms with Crippen LogP contribution in [0.5, 0.6) is 0 Å². The average Bonchev–Trinajstić information content (AvgIpc) is 2.29. The lowest BCUT2D eigenvalue weighted by atomic mass is 10.1.